The molecule has 0 radical (unpaired) electrons. The smallest absolute Gasteiger partial charge is 0.252 e. The minimum atomic E-state index is -1.06. The van der Waals surface area contributed by atoms with E-state index in [4.69, 9.17) is 0 Å². The lowest BCUT2D eigenvalue weighted by Gasteiger charge is -2.36. The van der Waals surface area contributed by atoms with Crippen LogP contribution < -0.4 is 5.32 Å². The Morgan fingerprint density at radius 3 is 1.56 bits per heavy atom. The van der Waals surface area contributed by atoms with Crippen molar-refractivity contribution >= 4 is 5.91 Å². The number of nitrogens with one attached hydrogen (secondary N) is 1. The molecule has 0 aromatic heterocycles. The first kappa shape index (κ1) is 23.1. The zero-order valence-electron chi connectivity index (χ0n) is 18.6. The van der Waals surface area contributed by atoms with Crippen molar-refractivity contribution in [2.24, 2.45) is 0 Å². The third-order valence-corrected chi connectivity index (χ3v) is 5.41. The topological polar surface area (TPSA) is 35.6 Å². The molecule has 0 fully saturated rings. The minimum Gasteiger partial charge on any atom is -0.362 e. The Morgan fingerprint density at radius 1 is 0.844 bits per heavy atom. The molecule has 0 saturated carbocycles. The summed E-state index contributed by atoms with van der Waals surface area (Å²) in [4.78, 5) is 16.5. The Morgan fingerprint density at radius 2 is 1.28 bits per heavy atom. The molecule has 0 saturated heterocycles. The quantitative estimate of drug-likeness (QED) is 0.573. The van der Waals surface area contributed by atoms with E-state index < -0.39 is 18.1 Å². The van der Waals surface area contributed by atoms with Crippen molar-refractivity contribution in [3.8, 4) is 0 Å². The van der Waals surface area contributed by atoms with Gasteiger partial charge in [-0.05, 0) is 23.6 Å². The second-order valence-corrected chi connectivity index (χ2v) is 7.63. The van der Waals surface area contributed by atoms with Crippen LogP contribution in [0.4, 0.5) is 4.39 Å². The largest absolute Gasteiger partial charge is 0.362 e. The Balaban J connectivity index is 0.000000305. The van der Waals surface area contributed by atoms with E-state index in [1.165, 1.54) is 0 Å². The summed E-state index contributed by atoms with van der Waals surface area (Å²) in [6, 6.07) is 28.9. The van der Waals surface area contributed by atoms with Gasteiger partial charge in [-0.25, -0.2) is 4.39 Å². The molecular formula is C27H30FN3O. The number of rotatable bonds is 6. The number of carbonyl (C=O) groups is 1. The van der Waals surface area contributed by atoms with Gasteiger partial charge in [0.05, 0.1) is 6.67 Å². The molecule has 1 aliphatic heterocycles. The molecule has 1 aliphatic rings. The summed E-state index contributed by atoms with van der Waals surface area (Å²) in [7, 11) is 2.08. The average Bonchev–Trinajstić information content (AvgIpc) is 3.30. The van der Waals surface area contributed by atoms with E-state index in [9.17, 15) is 9.18 Å². The lowest BCUT2D eigenvalue weighted by Crippen LogP contribution is -2.48. The first-order valence-corrected chi connectivity index (χ1v) is 10.8. The van der Waals surface area contributed by atoms with Crippen molar-refractivity contribution < 1.29 is 9.18 Å². The van der Waals surface area contributed by atoms with Gasteiger partial charge in [-0.2, -0.15) is 0 Å². The second-order valence-electron chi connectivity index (χ2n) is 7.63. The summed E-state index contributed by atoms with van der Waals surface area (Å²) >= 11 is 0. The number of carbonyl (C=O) groups excluding carboxylic acids is 1. The highest BCUT2D eigenvalue weighted by atomic mass is 19.1. The molecule has 4 nitrogen and oxygen atoms in total. The van der Waals surface area contributed by atoms with Gasteiger partial charge in [0.15, 0.2) is 6.67 Å². The summed E-state index contributed by atoms with van der Waals surface area (Å²) in [5, 5.41) is 2.92. The van der Waals surface area contributed by atoms with Crippen LogP contribution in [0.1, 0.15) is 23.6 Å². The third-order valence-electron chi connectivity index (χ3n) is 5.41. The zero-order chi connectivity index (χ0) is 22.8. The molecule has 4 rings (SSSR count). The Labute approximate surface area is 190 Å². The predicted molar refractivity (Wildman–Crippen MR) is 127 cm³/mol. The van der Waals surface area contributed by atoms with Crippen LogP contribution >= 0.6 is 0 Å². The van der Waals surface area contributed by atoms with E-state index in [0.717, 1.165) is 29.9 Å². The number of nitrogens with zero attached hydrogens (tertiary/aromatic N) is 2. The van der Waals surface area contributed by atoms with Crippen LogP contribution in [0.3, 0.4) is 0 Å². The Hall–Kier alpha value is -3.60. The third kappa shape index (κ3) is 5.35. The number of hydrogen-bond acceptors (Lipinski definition) is 3. The van der Waals surface area contributed by atoms with E-state index in [0.29, 0.717) is 0 Å². The second kappa shape index (κ2) is 11.1. The number of alkyl halides is 1. The van der Waals surface area contributed by atoms with Gasteiger partial charge in [0.1, 0.15) is 5.54 Å². The van der Waals surface area contributed by atoms with Crippen LogP contribution in [0.2, 0.25) is 0 Å². The van der Waals surface area contributed by atoms with E-state index in [1.807, 2.05) is 91.0 Å². The molecule has 166 valence electrons. The normalized spacial score (nSPS) is 12.8. The van der Waals surface area contributed by atoms with Gasteiger partial charge in [0.25, 0.3) is 5.91 Å². The molecule has 3 aromatic rings. The van der Waals surface area contributed by atoms with Gasteiger partial charge < -0.3 is 15.1 Å². The highest BCUT2D eigenvalue weighted by Crippen LogP contribution is 2.36. The van der Waals surface area contributed by atoms with Crippen molar-refractivity contribution in [1.82, 2.24) is 15.1 Å². The molecule has 0 atom stereocenters. The molecule has 1 heterocycles. The van der Waals surface area contributed by atoms with Crippen LogP contribution in [0.5, 0.6) is 0 Å². The lowest BCUT2D eigenvalue weighted by atomic mass is 9.77. The molecule has 5 heteroatoms. The van der Waals surface area contributed by atoms with E-state index >= 15 is 0 Å². The Bertz CT molecular complexity index is 897. The summed E-state index contributed by atoms with van der Waals surface area (Å²) < 4.78 is 13.1. The molecule has 0 unspecified atom stereocenters. The van der Waals surface area contributed by atoms with E-state index in [-0.39, 0.29) is 0 Å². The van der Waals surface area contributed by atoms with Crippen LogP contribution in [0.15, 0.2) is 103 Å². The van der Waals surface area contributed by atoms with E-state index in [2.05, 4.69) is 41.5 Å². The fourth-order valence-corrected chi connectivity index (χ4v) is 3.82. The predicted octanol–water partition coefficient (Wildman–Crippen LogP) is 4.75. The van der Waals surface area contributed by atoms with Gasteiger partial charge >= 0.3 is 0 Å². The van der Waals surface area contributed by atoms with Crippen LogP contribution in [0.25, 0.3) is 0 Å². The van der Waals surface area contributed by atoms with Gasteiger partial charge in [-0.15, -0.1) is 0 Å². The van der Waals surface area contributed by atoms with Crippen molar-refractivity contribution in [2.45, 2.75) is 12.5 Å². The number of benzene rings is 3. The molecule has 1 N–H and O–H groups in total. The summed E-state index contributed by atoms with van der Waals surface area (Å²) in [5.74, 6) is -0.647. The maximum atomic E-state index is 13.1. The fourth-order valence-electron chi connectivity index (χ4n) is 3.82. The molecule has 0 bridgehead atoms. The average molecular weight is 432 g/mol. The monoisotopic (exact) mass is 431 g/mol. The molecular weight excluding hydrogens is 401 g/mol. The molecule has 3 aromatic carbocycles. The van der Waals surface area contributed by atoms with Gasteiger partial charge in [-0.3, -0.25) is 4.79 Å². The zero-order valence-corrected chi connectivity index (χ0v) is 18.6. The molecule has 0 spiro atoms. The Kier molecular flexibility index (Phi) is 8.03. The number of hydrogen-bond donors (Lipinski definition) is 1. The van der Waals surface area contributed by atoms with Gasteiger partial charge in [0, 0.05) is 26.0 Å². The van der Waals surface area contributed by atoms with Crippen LogP contribution in [-0.2, 0) is 10.3 Å². The lowest BCUT2D eigenvalue weighted by molar-refractivity contribution is -0.123. The maximum Gasteiger partial charge on any atom is 0.252 e. The summed E-state index contributed by atoms with van der Waals surface area (Å²) in [6.45, 7) is 3.26. The standard InChI is InChI=1S/C21H18FNO.C6H12N2/c22-16-20(24)23-21(17-10-4-1-5-11-17,18-12-6-2-7-13-18)19-14-8-3-9-15-19;1-3-8-5-4-7(2)6-8/h1-15H,16H2,(H,23,24);4-5H,3,6H2,1-2H3. The SMILES string of the molecule is CCN1C=CN(C)C1.O=C(CF)NC(c1ccccc1)(c1ccccc1)c1ccccc1. The first-order chi connectivity index (χ1) is 15.6. The highest BCUT2D eigenvalue weighted by Gasteiger charge is 2.37. The first-order valence-electron chi connectivity index (χ1n) is 10.8. The van der Waals surface area contributed by atoms with Crippen molar-refractivity contribution in [3.63, 3.8) is 0 Å². The number of halogens is 1. The minimum absolute atomic E-state index is 0.647. The van der Waals surface area contributed by atoms with Crippen molar-refractivity contribution in [1.29, 1.82) is 0 Å². The van der Waals surface area contributed by atoms with Crippen LogP contribution in [0, 0.1) is 0 Å². The number of amides is 1. The van der Waals surface area contributed by atoms with Gasteiger partial charge in [-0.1, -0.05) is 91.0 Å². The van der Waals surface area contributed by atoms with Crippen molar-refractivity contribution in [2.75, 3.05) is 26.9 Å². The van der Waals surface area contributed by atoms with E-state index in [1.54, 1.807) is 0 Å². The maximum absolute atomic E-state index is 13.1. The molecule has 0 aliphatic carbocycles. The summed E-state index contributed by atoms with van der Waals surface area (Å²) in [5.41, 5.74) is 1.70. The molecule has 1 amide bonds. The van der Waals surface area contributed by atoms with Gasteiger partial charge in [0.2, 0.25) is 0 Å². The molecule has 32 heavy (non-hydrogen) atoms. The highest BCUT2D eigenvalue weighted by molar-refractivity contribution is 5.80. The van der Waals surface area contributed by atoms with Crippen molar-refractivity contribution in [3.05, 3.63) is 120 Å². The fraction of sp³-hybridized carbons (Fsp3) is 0.222. The summed E-state index contributed by atoms with van der Waals surface area (Å²) in [6.07, 6.45) is 4.20. The van der Waals surface area contributed by atoms with Crippen LogP contribution in [-0.4, -0.2) is 42.6 Å².